The Bertz CT molecular complexity index is 1180. The van der Waals surface area contributed by atoms with Gasteiger partial charge in [-0.3, -0.25) is 14.4 Å². The molecule has 1 aliphatic carbocycles. The highest BCUT2D eigenvalue weighted by molar-refractivity contribution is 6.30. The zero-order valence-corrected chi connectivity index (χ0v) is 20.0. The van der Waals surface area contributed by atoms with E-state index in [0.29, 0.717) is 6.54 Å². The van der Waals surface area contributed by atoms with E-state index in [0.717, 1.165) is 18.1 Å². The smallest absolute Gasteiger partial charge is 0.274 e. The van der Waals surface area contributed by atoms with E-state index in [-0.39, 0.29) is 24.3 Å². The molecule has 1 saturated carbocycles. The number of amides is 2. The van der Waals surface area contributed by atoms with Crippen LogP contribution in [0, 0.1) is 42.2 Å². The molecule has 2 heterocycles. The molecule has 2 aliphatic rings. The number of fused-ring (bicyclic) bond motifs is 1. The highest BCUT2D eigenvalue weighted by atomic mass is 35.5. The second-order valence-electron chi connectivity index (χ2n) is 7.69. The van der Waals surface area contributed by atoms with Crippen LogP contribution in [0.2, 0.25) is 5.02 Å². The van der Waals surface area contributed by atoms with Gasteiger partial charge < -0.3 is 19.9 Å². The lowest BCUT2D eigenvalue weighted by molar-refractivity contribution is 0.0740. The molecule has 0 atom stereocenters. The first-order chi connectivity index (χ1) is 16.6. The van der Waals surface area contributed by atoms with E-state index in [2.05, 4.69) is 31.7 Å². The molecule has 4 rings (SSSR count). The summed E-state index contributed by atoms with van der Waals surface area (Å²) in [5.74, 6) is -3.11. The van der Waals surface area contributed by atoms with Crippen molar-refractivity contribution >= 4 is 23.4 Å². The molecule has 186 valence electrons. The van der Waals surface area contributed by atoms with Gasteiger partial charge in [0, 0.05) is 45.0 Å². The van der Waals surface area contributed by atoms with Crippen molar-refractivity contribution in [3.05, 3.63) is 62.0 Å². The maximum absolute atomic E-state index is 13.9. The predicted octanol–water partition coefficient (Wildman–Crippen LogP) is 3.31. The summed E-state index contributed by atoms with van der Waals surface area (Å²) in [6.45, 7) is 6.05. The Hall–Kier alpha value is -3.89. The van der Waals surface area contributed by atoms with Crippen LogP contribution in [0.4, 0.5) is 8.78 Å². The fourth-order valence-electron chi connectivity index (χ4n) is 2.89. The Morgan fingerprint density at radius 2 is 1.80 bits per heavy atom. The number of nitrogens with one attached hydrogen (secondary N) is 1. The van der Waals surface area contributed by atoms with Crippen LogP contribution >= 0.6 is 11.6 Å². The maximum Gasteiger partial charge on any atom is 0.274 e. The zero-order valence-electron chi connectivity index (χ0n) is 19.2. The second-order valence-corrected chi connectivity index (χ2v) is 8.07. The molecule has 1 aromatic carbocycles. The van der Waals surface area contributed by atoms with Gasteiger partial charge >= 0.3 is 0 Å². The fraction of sp³-hybridized carbons (Fsp3) is 0.333. The van der Waals surface area contributed by atoms with Crippen LogP contribution in [0.25, 0.3) is 0 Å². The summed E-state index contributed by atoms with van der Waals surface area (Å²) in [4.78, 5) is 38.0. The van der Waals surface area contributed by atoms with Gasteiger partial charge in [0.2, 0.25) is 5.43 Å². The van der Waals surface area contributed by atoms with E-state index in [1.54, 1.807) is 0 Å². The van der Waals surface area contributed by atoms with Gasteiger partial charge in [-0.2, -0.15) is 0 Å². The third kappa shape index (κ3) is 7.05. The number of likely N-dealkylation sites (N-methyl/N-ethyl adjacent to an activating group) is 1. The molecule has 0 radical (unpaired) electrons. The van der Waals surface area contributed by atoms with Crippen molar-refractivity contribution in [3.63, 3.8) is 0 Å². The lowest BCUT2D eigenvalue weighted by Gasteiger charge is -2.27. The number of carbonyl (C=O) groups is 2. The van der Waals surface area contributed by atoms with Crippen LogP contribution in [0.5, 0.6) is 5.75 Å². The normalized spacial score (nSPS) is 13.5. The van der Waals surface area contributed by atoms with E-state index in [1.165, 1.54) is 35.6 Å². The molecule has 2 aromatic rings. The molecule has 0 spiro atoms. The monoisotopic (exact) mass is 506 g/mol. The van der Waals surface area contributed by atoms with Gasteiger partial charge in [-0.25, -0.2) is 14.0 Å². The molecule has 2 amide bonds. The first kappa shape index (κ1) is 29.1. The number of aromatic nitrogens is 1. The largest absolute Gasteiger partial charge is 0.503 e. The standard InChI is InChI=1S/C17H14ClF2N3O4.C4H8.C2H2.CHN/c1-22-4-5-23-7-9(14(24)15(25)13(23)17(22)27)16(26)21-6-8-2-3-10(19)11(18)12(8)20;1-4-2-3-4;2*1-2/h2-3,7,25H,4-6H2,1H3,(H,21,26);4H,2-3H2,1H3;1-2H;1H. The minimum absolute atomic E-state index is 0.0752. The van der Waals surface area contributed by atoms with Crippen molar-refractivity contribution in [2.75, 3.05) is 13.6 Å². The minimum Gasteiger partial charge on any atom is -0.503 e. The molecule has 35 heavy (non-hydrogen) atoms. The molecule has 1 fully saturated rings. The number of nitriles is 1. The molecule has 8 nitrogen and oxygen atoms in total. The van der Waals surface area contributed by atoms with E-state index < -0.39 is 45.2 Å². The van der Waals surface area contributed by atoms with Gasteiger partial charge in [-0.1, -0.05) is 37.4 Å². The molecule has 1 aliphatic heterocycles. The third-order valence-electron chi connectivity index (χ3n) is 5.15. The number of nitrogens with zero attached hydrogens (tertiary/aromatic N) is 3. The second kappa shape index (κ2) is 13.1. The van der Waals surface area contributed by atoms with Crippen LogP contribution in [-0.4, -0.2) is 40.0 Å². The first-order valence-corrected chi connectivity index (χ1v) is 10.7. The fourth-order valence-corrected chi connectivity index (χ4v) is 3.08. The summed E-state index contributed by atoms with van der Waals surface area (Å²) >= 11 is 5.48. The molecule has 0 saturated heterocycles. The Labute approximate surface area is 206 Å². The SMILES string of the molecule is C#C.C#N.CC1CC1.CN1CCn2cc(C(=O)NCc3ccc(F)c(Cl)c3F)c(=O)c(O)c2C1=O. The maximum atomic E-state index is 13.9. The van der Waals surface area contributed by atoms with Gasteiger partial charge in [-0.05, 0) is 12.0 Å². The number of hydrogen-bond acceptors (Lipinski definition) is 5. The highest BCUT2D eigenvalue weighted by Gasteiger charge is 2.29. The van der Waals surface area contributed by atoms with Gasteiger partial charge in [0.1, 0.15) is 22.2 Å². The van der Waals surface area contributed by atoms with E-state index in [1.807, 2.05) is 0 Å². The number of hydrogen-bond donors (Lipinski definition) is 2. The molecule has 0 bridgehead atoms. The van der Waals surface area contributed by atoms with Gasteiger partial charge in [0.15, 0.2) is 11.4 Å². The Kier molecular flexibility index (Phi) is 10.9. The summed E-state index contributed by atoms with van der Waals surface area (Å²) in [6.07, 6.45) is 12.1. The number of terminal acetylenes is 1. The van der Waals surface area contributed by atoms with E-state index in [9.17, 15) is 28.3 Å². The average molecular weight is 507 g/mol. The van der Waals surface area contributed by atoms with E-state index in [4.69, 9.17) is 16.9 Å². The summed E-state index contributed by atoms with van der Waals surface area (Å²) in [5, 5.41) is 18.2. The number of pyridine rings is 1. The molecule has 2 N–H and O–H groups in total. The van der Waals surface area contributed by atoms with Crippen LogP contribution in [0.1, 0.15) is 46.2 Å². The molecule has 0 unspecified atom stereocenters. The number of benzene rings is 1. The molecular weight excluding hydrogens is 482 g/mol. The van der Waals surface area contributed by atoms with E-state index >= 15 is 0 Å². The van der Waals surface area contributed by atoms with Crippen molar-refractivity contribution in [2.24, 2.45) is 5.92 Å². The Morgan fingerprint density at radius 3 is 2.34 bits per heavy atom. The molecular formula is C24H25ClF2N4O4. The van der Waals surface area contributed by atoms with Gasteiger partial charge in [-0.15, -0.1) is 12.8 Å². The Morgan fingerprint density at radius 1 is 1.23 bits per heavy atom. The van der Waals surface area contributed by atoms with Crippen LogP contribution < -0.4 is 10.7 Å². The third-order valence-corrected chi connectivity index (χ3v) is 5.49. The van der Waals surface area contributed by atoms with Crippen LogP contribution in [-0.2, 0) is 13.1 Å². The number of halogens is 3. The summed E-state index contributed by atoms with van der Waals surface area (Å²) in [5.41, 5.74) is -1.68. The Balaban J connectivity index is 0.000000668. The zero-order chi connectivity index (χ0) is 26.9. The number of carbonyl (C=O) groups excluding carboxylic acids is 2. The van der Waals surface area contributed by atoms with Crippen LogP contribution in [0.3, 0.4) is 0 Å². The number of rotatable bonds is 3. The predicted molar refractivity (Wildman–Crippen MR) is 127 cm³/mol. The lowest BCUT2D eigenvalue weighted by atomic mass is 10.1. The highest BCUT2D eigenvalue weighted by Crippen LogP contribution is 2.26. The van der Waals surface area contributed by atoms with Crippen molar-refractivity contribution in [2.45, 2.75) is 32.9 Å². The van der Waals surface area contributed by atoms with Crippen molar-refractivity contribution in [3.8, 4) is 25.2 Å². The summed E-state index contributed by atoms with van der Waals surface area (Å²) in [6, 6.07) is 2.07. The summed E-state index contributed by atoms with van der Waals surface area (Å²) < 4.78 is 28.4. The van der Waals surface area contributed by atoms with Crippen molar-refractivity contribution < 1.29 is 23.5 Å². The van der Waals surface area contributed by atoms with Crippen molar-refractivity contribution in [1.82, 2.24) is 14.8 Å². The average Bonchev–Trinajstić information content (AvgIpc) is 3.66. The first-order valence-electron chi connectivity index (χ1n) is 10.3. The van der Waals surface area contributed by atoms with Gasteiger partial charge in [0.05, 0.1) is 0 Å². The number of aromatic hydroxyl groups is 1. The molecule has 1 aromatic heterocycles. The van der Waals surface area contributed by atoms with Crippen molar-refractivity contribution in [1.29, 1.82) is 5.26 Å². The van der Waals surface area contributed by atoms with Gasteiger partial charge in [0.25, 0.3) is 11.8 Å². The van der Waals surface area contributed by atoms with Crippen LogP contribution in [0.15, 0.2) is 23.1 Å². The topological polar surface area (TPSA) is 115 Å². The molecule has 11 heteroatoms. The quantitative estimate of drug-likeness (QED) is 0.489. The minimum atomic E-state index is -1.02. The summed E-state index contributed by atoms with van der Waals surface area (Å²) in [7, 11) is 1.53. The lowest BCUT2D eigenvalue weighted by Crippen LogP contribution is -2.40.